The number of carbonyl (C=O) groups excluding carboxylic acids is 1. The molecule has 0 bridgehead atoms. The monoisotopic (exact) mass is 410 g/mol. The summed E-state index contributed by atoms with van der Waals surface area (Å²) in [5.74, 6) is 1.16. The van der Waals surface area contributed by atoms with Gasteiger partial charge in [0.2, 0.25) is 17.6 Å². The molecule has 8 heteroatoms. The fourth-order valence-electron chi connectivity index (χ4n) is 3.58. The second-order valence-corrected chi connectivity index (χ2v) is 7.31. The van der Waals surface area contributed by atoms with Crippen molar-refractivity contribution in [1.29, 1.82) is 0 Å². The maximum atomic E-state index is 13.1. The third kappa shape index (κ3) is 4.83. The number of likely N-dealkylation sites (tertiary alicyclic amines) is 1. The van der Waals surface area contributed by atoms with Crippen LogP contribution >= 0.6 is 0 Å². The molecule has 1 aromatic heterocycles. The second-order valence-electron chi connectivity index (χ2n) is 7.31. The van der Waals surface area contributed by atoms with Gasteiger partial charge in [0.05, 0.1) is 19.6 Å². The van der Waals surface area contributed by atoms with Crippen molar-refractivity contribution >= 4 is 11.6 Å². The standard InChI is InChI=1S/C22H23FN4O3/c1-29-19-6-2-5-18(12-19)24-22(28)16-4-3-11-27(13-16)14-20-25-21(26-30-20)15-7-9-17(23)10-8-15/h2,5-10,12,16H,3-4,11,13-14H2,1H3,(H,24,28). The highest BCUT2D eigenvalue weighted by molar-refractivity contribution is 5.92. The van der Waals surface area contributed by atoms with E-state index in [-0.39, 0.29) is 17.6 Å². The molecule has 3 aromatic rings. The lowest BCUT2D eigenvalue weighted by atomic mass is 9.97. The van der Waals surface area contributed by atoms with E-state index in [0.29, 0.717) is 36.1 Å². The molecule has 30 heavy (non-hydrogen) atoms. The van der Waals surface area contributed by atoms with Crippen LogP contribution in [0.5, 0.6) is 5.75 Å². The summed E-state index contributed by atoms with van der Waals surface area (Å²) in [6.45, 7) is 1.94. The minimum absolute atomic E-state index is 0.00881. The van der Waals surface area contributed by atoms with Gasteiger partial charge in [0.1, 0.15) is 11.6 Å². The Morgan fingerprint density at radius 3 is 2.93 bits per heavy atom. The zero-order chi connectivity index (χ0) is 20.9. The van der Waals surface area contributed by atoms with Crippen molar-refractivity contribution in [3.8, 4) is 17.1 Å². The van der Waals surface area contributed by atoms with Gasteiger partial charge in [-0.1, -0.05) is 11.2 Å². The summed E-state index contributed by atoms with van der Waals surface area (Å²) in [6, 6.07) is 13.3. The largest absolute Gasteiger partial charge is 0.497 e. The number of nitrogens with one attached hydrogen (secondary N) is 1. The Labute approximate surface area is 173 Å². The molecule has 156 valence electrons. The maximum absolute atomic E-state index is 13.1. The van der Waals surface area contributed by atoms with Crippen LogP contribution in [0.25, 0.3) is 11.4 Å². The van der Waals surface area contributed by atoms with E-state index in [1.165, 1.54) is 12.1 Å². The SMILES string of the molecule is COc1cccc(NC(=O)C2CCCN(Cc3nc(-c4ccc(F)cc4)no3)C2)c1. The van der Waals surface area contributed by atoms with Gasteiger partial charge in [0, 0.05) is 23.9 Å². The Morgan fingerprint density at radius 2 is 2.13 bits per heavy atom. The van der Waals surface area contributed by atoms with Gasteiger partial charge in [-0.25, -0.2) is 4.39 Å². The molecule has 1 unspecified atom stereocenters. The molecule has 7 nitrogen and oxygen atoms in total. The molecule has 1 amide bonds. The minimum atomic E-state index is -0.311. The number of piperidine rings is 1. The van der Waals surface area contributed by atoms with Gasteiger partial charge in [-0.2, -0.15) is 4.98 Å². The fraction of sp³-hybridized carbons (Fsp3) is 0.318. The quantitative estimate of drug-likeness (QED) is 0.667. The van der Waals surface area contributed by atoms with E-state index in [1.54, 1.807) is 25.3 Å². The number of amides is 1. The number of nitrogens with zero attached hydrogens (tertiary/aromatic N) is 3. The highest BCUT2D eigenvalue weighted by Crippen LogP contribution is 2.23. The second kappa shape index (κ2) is 9.04. The summed E-state index contributed by atoms with van der Waals surface area (Å²) in [4.78, 5) is 19.3. The Hall–Kier alpha value is -3.26. The van der Waals surface area contributed by atoms with Gasteiger partial charge < -0.3 is 14.6 Å². The summed E-state index contributed by atoms with van der Waals surface area (Å²) < 4.78 is 23.6. The van der Waals surface area contributed by atoms with Gasteiger partial charge >= 0.3 is 0 Å². The smallest absolute Gasteiger partial charge is 0.241 e. The normalized spacial score (nSPS) is 16.9. The van der Waals surface area contributed by atoms with E-state index in [2.05, 4.69) is 20.4 Å². The molecule has 1 fully saturated rings. The van der Waals surface area contributed by atoms with E-state index in [4.69, 9.17) is 9.26 Å². The van der Waals surface area contributed by atoms with Crippen LogP contribution in [-0.2, 0) is 11.3 Å². The lowest BCUT2D eigenvalue weighted by Gasteiger charge is -2.30. The molecular weight excluding hydrogens is 387 g/mol. The lowest BCUT2D eigenvalue weighted by molar-refractivity contribution is -0.121. The van der Waals surface area contributed by atoms with Crippen LogP contribution in [-0.4, -0.2) is 41.1 Å². The molecule has 1 atom stereocenters. The van der Waals surface area contributed by atoms with E-state index in [0.717, 1.165) is 25.1 Å². The summed E-state index contributed by atoms with van der Waals surface area (Å²) in [6.07, 6.45) is 1.74. The van der Waals surface area contributed by atoms with Gasteiger partial charge in [-0.15, -0.1) is 0 Å². The molecule has 1 saturated heterocycles. The van der Waals surface area contributed by atoms with Gasteiger partial charge in [-0.3, -0.25) is 9.69 Å². The number of ether oxygens (including phenoxy) is 1. The number of methoxy groups -OCH3 is 1. The topological polar surface area (TPSA) is 80.5 Å². The first-order chi connectivity index (χ1) is 14.6. The fourth-order valence-corrected chi connectivity index (χ4v) is 3.58. The van der Waals surface area contributed by atoms with E-state index in [1.807, 2.05) is 18.2 Å². The summed E-state index contributed by atoms with van der Waals surface area (Å²) in [7, 11) is 1.60. The Balaban J connectivity index is 1.36. The number of benzene rings is 2. The first-order valence-corrected chi connectivity index (χ1v) is 9.86. The molecule has 2 heterocycles. The number of hydrogen-bond acceptors (Lipinski definition) is 6. The van der Waals surface area contributed by atoms with Crippen LogP contribution < -0.4 is 10.1 Å². The molecule has 1 N–H and O–H groups in total. The predicted molar refractivity (Wildman–Crippen MR) is 109 cm³/mol. The number of carbonyl (C=O) groups is 1. The number of rotatable bonds is 6. The van der Waals surface area contributed by atoms with E-state index < -0.39 is 0 Å². The van der Waals surface area contributed by atoms with Gasteiger partial charge in [0.25, 0.3) is 0 Å². The molecular formula is C22H23FN4O3. The minimum Gasteiger partial charge on any atom is -0.497 e. The molecule has 4 rings (SSSR count). The third-order valence-corrected chi connectivity index (χ3v) is 5.14. The van der Waals surface area contributed by atoms with Crippen LogP contribution in [0.4, 0.5) is 10.1 Å². The Morgan fingerprint density at radius 1 is 1.30 bits per heavy atom. The molecule has 0 saturated carbocycles. The average molecular weight is 410 g/mol. The molecule has 0 aliphatic carbocycles. The molecule has 1 aliphatic rings. The van der Waals surface area contributed by atoms with Crippen LogP contribution in [0.1, 0.15) is 18.7 Å². The van der Waals surface area contributed by atoms with Crippen LogP contribution in [0.3, 0.4) is 0 Å². The Bertz CT molecular complexity index is 1010. The van der Waals surface area contributed by atoms with Crippen LogP contribution in [0, 0.1) is 11.7 Å². The van der Waals surface area contributed by atoms with E-state index >= 15 is 0 Å². The average Bonchev–Trinajstić information content (AvgIpc) is 3.23. The van der Waals surface area contributed by atoms with Gasteiger partial charge in [0.15, 0.2) is 0 Å². The van der Waals surface area contributed by atoms with Crippen molar-refractivity contribution in [1.82, 2.24) is 15.0 Å². The first-order valence-electron chi connectivity index (χ1n) is 9.86. The summed E-state index contributed by atoms with van der Waals surface area (Å²) in [5.41, 5.74) is 1.41. The molecule has 0 radical (unpaired) electrons. The lowest BCUT2D eigenvalue weighted by Crippen LogP contribution is -2.40. The molecule has 1 aliphatic heterocycles. The first kappa shape index (κ1) is 20.0. The van der Waals surface area contributed by atoms with Crippen molar-refractivity contribution < 1.29 is 18.4 Å². The molecule has 0 spiro atoms. The number of aromatic nitrogens is 2. The van der Waals surface area contributed by atoms with Crippen molar-refractivity contribution in [2.24, 2.45) is 5.92 Å². The zero-order valence-electron chi connectivity index (χ0n) is 16.7. The van der Waals surface area contributed by atoms with Crippen LogP contribution in [0.2, 0.25) is 0 Å². The van der Waals surface area contributed by atoms with E-state index in [9.17, 15) is 9.18 Å². The maximum Gasteiger partial charge on any atom is 0.241 e. The number of hydrogen-bond donors (Lipinski definition) is 1. The molecule has 2 aromatic carbocycles. The van der Waals surface area contributed by atoms with Crippen molar-refractivity contribution in [2.75, 3.05) is 25.5 Å². The Kier molecular flexibility index (Phi) is 6.04. The van der Waals surface area contributed by atoms with Crippen molar-refractivity contribution in [3.05, 3.63) is 60.2 Å². The highest BCUT2D eigenvalue weighted by Gasteiger charge is 2.27. The number of halogens is 1. The van der Waals surface area contributed by atoms with Gasteiger partial charge in [-0.05, 0) is 55.8 Å². The van der Waals surface area contributed by atoms with Crippen LogP contribution in [0.15, 0.2) is 53.1 Å². The summed E-state index contributed by atoms with van der Waals surface area (Å²) in [5, 5.41) is 6.95. The third-order valence-electron chi connectivity index (χ3n) is 5.14. The predicted octanol–water partition coefficient (Wildman–Crippen LogP) is 3.74. The highest BCUT2D eigenvalue weighted by atomic mass is 19.1. The zero-order valence-corrected chi connectivity index (χ0v) is 16.7. The van der Waals surface area contributed by atoms with Crippen molar-refractivity contribution in [2.45, 2.75) is 19.4 Å². The summed E-state index contributed by atoms with van der Waals surface area (Å²) >= 11 is 0. The van der Waals surface area contributed by atoms with Crippen molar-refractivity contribution in [3.63, 3.8) is 0 Å². The number of anilines is 1.